The van der Waals surface area contributed by atoms with Gasteiger partial charge >= 0.3 is 0 Å². The van der Waals surface area contributed by atoms with Crippen LogP contribution in [0.3, 0.4) is 0 Å². The summed E-state index contributed by atoms with van der Waals surface area (Å²) in [7, 11) is 3.78. The summed E-state index contributed by atoms with van der Waals surface area (Å²) in [6.45, 7) is 3.15. The molecule has 1 amide bonds. The van der Waals surface area contributed by atoms with Crippen molar-refractivity contribution in [2.75, 3.05) is 6.54 Å². The number of hydrogen-bond acceptors (Lipinski definition) is 3. The number of carbonyl (C=O) groups is 1. The van der Waals surface area contributed by atoms with Crippen molar-refractivity contribution in [1.29, 1.82) is 0 Å². The molecule has 21 heavy (non-hydrogen) atoms. The molecule has 0 spiro atoms. The summed E-state index contributed by atoms with van der Waals surface area (Å²) in [5.41, 5.74) is 2.45. The SMILES string of the molecule is CCN(Cc1cnn(C)c1)C(=O)c1cnn2ccn(C)c12. The van der Waals surface area contributed by atoms with Crippen molar-refractivity contribution in [3.8, 4) is 0 Å². The number of rotatable bonds is 4. The summed E-state index contributed by atoms with van der Waals surface area (Å²) in [5.74, 6) is -0.0156. The lowest BCUT2D eigenvalue weighted by atomic mass is 10.2. The summed E-state index contributed by atoms with van der Waals surface area (Å²) in [4.78, 5) is 14.5. The van der Waals surface area contributed by atoms with Gasteiger partial charge in [-0.2, -0.15) is 10.2 Å². The average molecular weight is 286 g/mol. The molecule has 3 aromatic rings. The molecule has 0 radical (unpaired) electrons. The topological polar surface area (TPSA) is 60.4 Å². The Morgan fingerprint density at radius 2 is 2.05 bits per heavy atom. The van der Waals surface area contributed by atoms with E-state index in [1.54, 1.807) is 26.5 Å². The van der Waals surface area contributed by atoms with E-state index in [0.717, 1.165) is 11.2 Å². The molecule has 0 aromatic carbocycles. The molecule has 0 saturated heterocycles. The van der Waals surface area contributed by atoms with Gasteiger partial charge in [-0.3, -0.25) is 9.48 Å². The van der Waals surface area contributed by atoms with Gasteiger partial charge in [-0.15, -0.1) is 0 Å². The van der Waals surface area contributed by atoms with E-state index in [1.165, 1.54) is 0 Å². The van der Waals surface area contributed by atoms with Crippen molar-refractivity contribution in [2.24, 2.45) is 14.1 Å². The van der Waals surface area contributed by atoms with Crippen LogP contribution in [0.25, 0.3) is 5.65 Å². The van der Waals surface area contributed by atoms with Gasteiger partial charge in [0.1, 0.15) is 11.2 Å². The van der Waals surface area contributed by atoms with Gasteiger partial charge in [0.25, 0.3) is 5.91 Å². The molecule has 3 aromatic heterocycles. The second-order valence-corrected chi connectivity index (χ2v) is 5.08. The zero-order valence-electron chi connectivity index (χ0n) is 12.4. The Bertz CT molecular complexity index is 780. The Kier molecular flexibility index (Phi) is 3.25. The Morgan fingerprint density at radius 3 is 2.71 bits per heavy atom. The van der Waals surface area contributed by atoms with Crippen molar-refractivity contribution in [2.45, 2.75) is 13.5 Å². The first-order chi connectivity index (χ1) is 10.1. The number of aryl methyl sites for hydroxylation is 2. The maximum absolute atomic E-state index is 12.7. The molecule has 110 valence electrons. The highest BCUT2D eigenvalue weighted by Gasteiger charge is 2.20. The van der Waals surface area contributed by atoms with E-state index in [-0.39, 0.29) is 5.91 Å². The van der Waals surface area contributed by atoms with Crippen LogP contribution in [-0.2, 0) is 20.6 Å². The maximum atomic E-state index is 12.7. The molecular formula is C14H18N6O. The van der Waals surface area contributed by atoms with Crippen molar-refractivity contribution >= 4 is 11.6 Å². The minimum atomic E-state index is -0.0156. The molecule has 0 aliphatic carbocycles. The minimum Gasteiger partial charge on any atom is -0.334 e. The second kappa shape index (κ2) is 5.08. The molecule has 3 rings (SSSR count). The van der Waals surface area contributed by atoms with Gasteiger partial charge < -0.3 is 9.47 Å². The number of amides is 1. The van der Waals surface area contributed by atoms with Gasteiger partial charge in [0.2, 0.25) is 0 Å². The number of carbonyl (C=O) groups excluding carboxylic acids is 1. The summed E-state index contributed by atoms with van der Waals surface area (Å²) < 4.78 is 5.35. The fraction of sp³-hybridized carbons (Fsp3) is 0.357. The monoisotopic (exact) mass is 286 g/mol. The highest BCUT2D eigenvalue weighted by atomic mass is 16.2. The molecule has 0 saturated carbocycles. The molecule has 0 unspecified atom stereocenters. The van der Waals surface area contributed by atoms with Gasteiger partial charge in [-0.25, -0.2) is 4.52 Å². The third kappa shape index (κ3) is 2.31. The smallest absolute Gasteiger partial charge is 0.259 e. The highest BCUT2D eigenvalue weighted by molar-refractivity contribution is 5.99. The van der Waals surface area contributed by atoms with Crippen LogP contribution in [0.15, 0.2) is 31.0 Å². The Balaban J connectivity index is 1.89. The highest BCUT2D eigenvalue weighted by Crippen LogP contribution is 2.15. The number of nitrogens with zero attached hydrogens (tertiary/aromatic N) is 6. The number of imidazole rings is 1. The molecule has 0 aliphatic heterocycles. The molecule has 0 N–H and O–H groups in total. The summed E-state index contributed by atoms with van der Waals surface area (Å²) in [5, 5.41) is 8.36. The minimum absolute atomic E-state index is 0.0156. The van der Waals surface area contributed by atoms with E-state index in [0.29, 0.717) is 18.7 Å². The average Bonchev–Trinajstić information content (AvgIpc) is 3.14. The summed E-state index contributed by atoms with van der Waals surface area (Å²) in [6.07, 6.45) is 9.06. The van der Waals surface area contributed by atoms with Crippen LogP contribution in [0, 0.1) is 0 Å². The molecule has 0 aliphatic rings. The van der Waals surface area contributed by atoms with Crippen LogP contribution in [-0.4, -0.2) is 41.3 Å². The fourth-order valence-electron chi connectivity index (χ4n) is 2.47. The summed E-state index contributed by atoms with van der Waals surface area (Å²) in [6, 6.07) is 0. The molecule has 0 fully saturated rings. The normalized spacial score (nSPS) is 11.2. The zero-order valence-corrected chi connectivity index (χ0v) is 12.4. The van der Waals surface area contributed by atoms with Crippen LogP contribution >= 0.6 is 0 Å². The lowest BCUT2D eigenvalue weighted by Crippen LogP contribution is -2.30. The number of fused-ring (bicyclic) bond motifs is 1. The van der Waals surface area contributed by atoms with Crippen LogP contribution < -0.4 is 0 Å². The lowest BCUT2D eigenvalue weighted by Gasteiger charge is -2.19. The van der Waals surface area contributed by atoms with Crippen LogP contribution in [0.4, 0.5) is 0 Å². The van der Waals surface area contributed by atoms with Crippen LogP contribution in [0.1, 0.15) is 22.8 Å². The third-order valence-electron chi connectivity index (χ3n) is 3.57. The Morgan fingerprint density at radius 1 is 1.24 bits per heavy atom. The van der Waals surface area contributed by atoms with Gasteiger partial charge in [-0.05, 0) is 6.92 Å². The van der Waals surface area contributed by atoms with E-state index in [9.17, 15) is 4.79 Å². The first-order valence-corrected chi connectivity index (χ1v) is 6.85. The molecule has 0 bridgehead atoms. The number of hydrogen-bond donors (Lipinski definition) is 0. The molecular weight excluding hydrogens is 268 g/mol. The first-order valence-electron chi connectivity index (χ1n) is 6.85. The largest absolute Gasteiger partial charge is 0.334 e. The zero-order chi connectivity index (χ0) is 15.0. The quantitative estimate of drug-likeness (QED) is 0.721. The van der Waals surface area contributed by atoms with E-state index in [2.05, 4.69) is 10.2 Å². The molecule has 7 nitrogen and oxygen atoms in total. The molecule has 7 heteroatoms. The van der Waals surface area contributed by atoms with E-state index >= 15 is 0 Å². The second-order valence-electron chi connectivity index (χ2n) is 5.08. The van der Waals surface area contributed by atoms with Gasteiger partial charge in [0, 0.05) is 51.3 Å². The summed E-state index contributed by atoms with van der Waals surface area (Å²) >= 11 is 0. The first kappa shape index (κ1) is 13.4. The maximum Gasteiger partial charge on any atom is 0.259 e. The van der Waals surface area contributed by atoms with E-state index < -0.39 is 0 Å². The van der Waals surface area contributed by atoms with Gasteiger partial charge in [0.05, 0.1) is 12.4 Å². The van der Waals surface area contributed by atoms with Crippen molar-refractivity contribution < 1.29 is 4.79 Å². The fourth-order valence-corrected chi connectivity index (χ4v) is 2.47. The Labute approximate surface area is 122 Å². The van der Waals surface area contributed by atoms with Crippen molar-refractivity contribution in [3.63, 3.8) is 0 Å². The molecule has 3 heterocycles. The van der Waals surface area contributed by atoms with Crippen LogP contribution in [0.2, 0.25) is 0 Å². The Hall–Kier alpha value is -2.57. The van der Waals surface area contributed by atoms with Gasteiger partial charge in [0.15, 0.2) is 0 Å². The van der Waals surface area contributed by atoms with E-state index in [1.807, 2.05) is 44.2 Å². The third-order valence-corrected chi connectivity index (χ3v) is 3.57. The van der Waals surface area contributed by atoms with Crippen LogP contribution in [0.5, 0.6) is 0 Å². The lowest BCUT2D eigenvalue weighted by molar-refractivity contribution is 0.0754. The van der Waals surface area contributed by atoms with E-state index in [4.69, 9.17) is 0 Å². The predicted octanol–water partition coefficient (Wildman–Crippen LogP) is 1.07. The van der Waals surface area contributed by atoms with Crippen molar-refractivity contribution in [3.05, 3.63) is 42.1 Å². The van der Waals surface area contributed by atoms with Crippen molar-refractivity contribution in [1.82, 2.24) is 28.9 Å². The molecule has 0 atom stereocenters. The standard InChI is InChI=1S/C14H18N6O/c1-4-19(10-11-7-15-18(3)9-11)14(21)12-8-16-20-6-5-17(2)13(12)20/h5-9H,4,10H2,1-3H3. The predicted molar refractivity (Wildman–Crippen MR) is 77.8 cm³/mol. The number of aromatic nitrogens is 5. The van der Waals surface area contributed by atoms with Gasteiger partial charge in [-0.1, -0.05) is 0 Å².